The number of hydrogen-bond donors (Lipinski definition) is 1. The van der Waals surface area contributed by atoms with E-state index in [9.17, 15) is 9.90 Å². The van der Waals surface area contributed by atoms with Crippen molar-refractivity contribution in [2.45, 2.75) is 20.0 Å². The number of aryl methyl sites for hydroxylation is 1. The first kappa shape index (κ1) is 15.9. The van der Waals surface area contributed by atoms with E-state index in [1.807, 2.05) is 19.1 Å². The normalized spacial score (nSPS) is 17.5. The minimum absolute atomic E-state index is 0.0311. The Labute approximate surface area is 125 Å². The van der Waals surface area contributed by atoms with E-state index >= 15 is 0 Å². The number of carbonyl (C=O) groups excluding carboxylic acids is 1. The highest BCUT2D eigenvalue weighted by Gasteiger charge is 2.16. The third-order valence-corrected chi connectivity index (χ3v) is 3.52. The monoisotopic (exact) mass is 293 g/mol. The highest BCUT2D eigenvalue weighted by atomic mass is 16.5. The van der Waals surface area contributed by atoms with E-state index in [0.717, 1.165) is 18.7 Å². The Morgan fingerprint density at radius 3 is 2.81 bits per heavy atom. The van der Waals surface area contributed by atoms with Gasteiger partial charge in [0.25, 0.3) is 0 Å². The molecule has 0 spiro atoms. The first-order chi connectivity index (χ1) is 10.1. The molecule has 1 aromatic rings. The zero-order chi connectivity index (χ0) is 15.2. The molecule has 1 aliphatic heterocycles. The average Bonchev–Trinajstić information content (AvgIpc) is 2.47. The smallest absolute Gasteiger partial charge is 0.163 e. The minimum Gasteiger partial charge on any atom is -0.490 e. The summed E-state index contributed by atoms with van der Waals surface area (Å²) in [5.41, 5.74) is 1.58. The summed E-state index contributed by atoms with van der Waals surface area (Å²) in [7, 11) is 0. The van der Waals surface area contributed by atoms with Crippen LogP contribution in [0.2, 0.25) is 0 Å². The molecule has 5 heteroatoms. The van der Waals surface area contributed by atoms with Crippen LogP contribution in [-0.4, -0.2) is 61.3 Å². The van der Waals surface area contributed by atoms with Gasteiger partial charge in [0.2, 0.25) is 0 Å². The summed E-state index contributed by atoms with van der Waals surface area (Å²) >= 11 is 0. The minimum atomic E-state index is -0.579. The molecule has 0 radical (unpaired) electrons. The molecule has 5 nitrogen and oxygen atoms in total. The summed E-state index contributed by atoms with van der Waals surface area (Å²) in [4.78, 5) is 13.8. The second-order valence-electron chi connectivity index (χ2n) is 5.43. The van der Waals surface area contributed by atoms with Gasteiger partial charge in [-0.15, -0.1) is 0 Å². The molecule has 0 saturated carbocycles. The van der Waals surface area contributed by atoms with Crippen molar-refractivity contribution in [3.05, 3.63) is 29.3 Å². The fourth-order valence-corrected chi connectivity index (χ4v) is 2.37. The van der Waals surface area contributed by atoms with Gasteiger partial charge in [0.1, 0.15) is 18.5 Å². The van der Waals surface area contributed by atoms with Crippen LogP contribution < -0.4 is 4.74 Å². The largest absolute Gasteiger partial charge is 0.490 e. The van der Waals surface area contributed by atoms with Gasteiger partial charge in [0.05, 0.1) is 18.8 Å². The summed E-state index contributed by atoms with van der Waals surface area (Å²) in [5, 5.41) is 10.1. The molecule has 0 aromatic heterocycles. The number of benzene rings is 1. The Bertz CT molecular complexity index is 483. The maximum absolute atomic E-state index is 11.6. The van der Waals surface area contributed by atoms with Crippen LogP contribution in [0, 0.1) is 6.92 Å². The van der Waals surface area contributed by atoms with Crippen LogP contribution in [0.1, 0.15) is 22.8 Å². The zero-order valence-corrected chi connectivity index (χ0v) is 12.7. The predicted molar refractivity (Wildman–Crippen MR) is 79.9 cm³/mol. The van der Waals surface area contributed by atoms with Crippen LogP contribution in [0.4, 0.5) is 0 Å². The number of rotatable bonds is 6. The Morgan fingerprint density at radius 2 is 2.14 bits per heavy atom. The van der Waals surface area contributed by atoms with Crippen LogP contribution in [0.25, 0.3) is 0 Å². The van der Waals surface area contributed by atoms with Crippen molar-refractivity contribution in [3.63, 3.8) is 0 Å². The van der Waals surface area contributed by atoms with E-state index in [1.165, 1.54) is 6.92 Å². The van der Waals surface area contributed by atoms with Gasteiger partial charge >= 0.3 is 0 Å². The molecule has 0 bridgehead atoms. The van der Waals surface area contributed by atoms with E-state index < -0.39 is 6.10 Å². The molecule has 1 heterocycles. The SMILES string of the molecule is CC(=O)c1cc(C)ccc1OC[C@H](O)CN1CCOCC1. The number of Topliss-reactive ketones (excluding diaryl/α,β-unsaturated/α-hetero) is 1. The highest BCUT2D eigenvalue weighted by Crippen LogP contribution is 2.20. The Hall–Kier alpha value is -1.43. The summed E-state index contributed by atoms with van der Waals surface area (Å²) in [6, 6.07) is 5.50. The van der Waals surface area contributed by atoms with Crippen molar-refractivity contribution >= 4 is 5.78 Å². The number of carbonyl (C=O) groups is 1. The van der Waals surface area contributed by atoms with Gasteiger partial charge in [-0.25, -0.2) is 0 Å². The zero-order valence-electron chi connectivity index (χ0n) is 12.7. The van der Waals surface area contributed by atoms with Crippen molar-refractivity contribution in [2.75, 3.05) is 39.5 Å². The van der Waals surface area contributed by atoms with E-state index in [1.54, 1.807) is 6.07 Å². The summed E-state index contributed by atoms with van der Waals surface area (Å²) < 4.78 is 10.9. The quantitative estimate of drug-likeness (QED) is 0.800. The lowest BCUT2D eigenvalue weighted by Crippen LogP contribution is -2.42. The second-order valence-corrected chi connectivity index (χ2v) is 5.43. The fourth-order valence-electron chi connectivity index (χ4n) is 2.37. The molecule has 21 heavy (non-hydrogen) atoms. The number of ether oxygens (including phenoxy) is 2. The number of β-amino-alcohol motifs (C(OH)–C–C–N with tert-alkyl or cyclic N) is 1. The molecule has 1 N–H and O–H groups in total. The molecule has 1 aliphatic rings. The van der Waals surface area contributed by atoms with Gasteiger partial charge in [0, 0.05) is 19.6 Å². The maximum atomic E-state index is 11.6. The third kappa shape index (κ3) is 4.81. The third-order valence-electron chi connectivity index (χ3n) is 3.52. The molecule has 0 aliphatic carbocycles. The van der Waals surface area contributed by atoms with Crippen LogP contribution >= 0.6 is 0 Å². The van der Waals surface area contributed by atoms with E-state index in [2.05, 4.69) is 4.90 Å². The molecule has 2 rings (SSSR count). The maximum Gasteiger partial charge on any atom is 0.163 e. The molecule has 1 atom stereocenters. The molecular formula is C16H23NO4. The number of ketones is 1. The average molecular weight is 293 g/mol. The van der Waals surface area contributed by atoms with E-state index in [-0.39, 0.29) is 12.4 Å². The van der Waals surface area contributed by atoms with E-state index in [4.69, 9.17) is 9.47 Å². The van der Waals surface area contributed by atoms with Crippen molar-refractivity contribution < 1.29 is 19.4 Å². The van der Waals surface area contributed by atoms with Gasteiger partial charge in [0.15, 0.2) is 5.78 Å². The van der Waals surface area contributed by atoms with Crippen molar-refractivity contribution in [3.8, 4) is 5.75 Å². The van der Waals surface area contributed by atoms with Crippen molar-refractivity contribution in [1.82, 2.24) is 4.90 Å². The Balaban J connectivity index is 1.88. The van der Waals surface area contributed by atoms with Crippen LogP contribution in [0.3, 0.4) is 0 Å². The fraction of sp³-hybridized carbons (Fsp3) is 0.562. The summed E-state index contributed by atoms with van der Waals surface area (Å²) in [5.74, 6) is 0.505. The molecule has 1 saturated heterocycles. The number of hydrogen-bond acceptors (Lipinski definition) is 5. The summed E-state index contributed by atoms with van der Waals surface area (Å²) in [6.45, 7) is 7.28. The summed E-state index contributed by atoms with van der Waals surface area (Å²) in [6.07, 6.45) is -0.579. The molecule has 1 aromatic carbocycles. The molecule has 1 fully saturated rings. The van der Waals surface area contributed by atoms with Gasteiger partial charge in [-0.3, -0.25) is 9.69 Å². The number of morpholine rings is 1. The first-order valence-electron chi connectivity index (χ1n) is 7.29. The van der Waals surface area contributed by atoms with Crippen LogP contribution in [0.5, 0.6) is 5.75 Å². The lowest BCUT2D eigenvalue weighted by Gasteiger charge is -2.28. The van der Waals surface area contributed by atoms with Gasteiger partial charge < -0.3 is 14.6 Å². The molecule has 0 unspecified atom stereocenters. The van der Waals surface area contributed by atoms with Gasteiger partial charge in [-0.1, -0.05) is 11.6 Å². The Morgan fingerprint density at radius 1 is 1.43 bits per heavy atom. The second kappa shape index (κ2) is 7.54. The molecular weight excluding hydrogens is 270 g/mol. The Kier molecular flexibility index (Phi) is 5.73. The lowest BCUT2D eigenvalue weighted by atomic mass is 10.1. The van der Waals surface area contributed by atoms with Crippen LogP contribution in [0.15, 0.2) is 18.2 Å². The van der Waals surface area contributed by atoms with Gasteiger partial charge in [-0.2, -0.15) is 0 Å². The molecule has 0 amide bonds. The number of aliphatic hydroxyl groups is 1. The first-order valence-corrected chi connectivity index (χ1v) is 7.29. The standard InChI is InChI=1S/C16H23NO4/c1-12-3-4-16(15(9-12)13(2)18)21-11-14(19)10-17-5-7-20-8-6-17/h3-4,9,14,19H,5-8,10-11H2,1-2H3/t14-/m1/s1. The van der Waals surface area contributed by atoms with Gasteiger partial charge in [-0.05, 0) is 26.0 Å². The van der Waals surface area contributed by atoms with Crippen molar-refractivity contribution in [2.24, 2.45) is 0 Å². The van der Waals surface area contributed by atoms with E-state index in [0.29, 0.717) is 31.1 Å². The number of nitrogens with zero attached hydrogens (tertiary/aromatic N) is 1. The van der Waals surface area contributed by atoms with Crippen LogP contribution in [-0.2, 0) is 4.74 Å². The number of aliphatic hydroxyl groups excluding tert-OH is 1. The lowest BCUT2D eigenvalue weighted by molar-refractivity contribution is 0.00457. The molecule has 116 valence electrons. The topological polar surface area (TPSA) is 59.0 Å². The highest BCUT2D eigenvalue weighted by molar-refractivity contribution is 5.97. The predicted octanol–water partition coefficient (Wildman–Crippen LogP) is 1.27. The van der Waals surface area contributed by atoms with Crippen molar-refractivity contribution in [1.29, 1.82) is 0 Å².